The average Bonchev–Trinajstić information content (AvgIpc) is 2.42. The Kier molecular flexibility index (Phi) is 3.93. The van der Waals surface area contributed by atoms with Crippen molar-refractivity contribution in [2.75, 3.05) is 5.32 Å². The van der Waals surface area contributed by atoms with Crippen LogP contribution >= 0.6 is 0 Å². The first kappa shape index (κ1) is 15.2. The summed E-state index contributed by atoms with van der Waals surface area (Å²) in [6.07, 6.45) is 0. The highest BCUT2D eigenvalue weighted by Crippen LogP contribution is 2.38. The molecule has 0 radical (unpaired) electrons. The van der Waals surface area contributed by atoms with E-state index in [0.29, 0.717) is 5.69 Å². The zero-order valence-corrected chi connectivity index (χ0v) is 11.9. The molecule has 0 amide bonds. The first-order valence-corrected chi connectivity index (χ1v) is 6.29. The number of hydrogen-bond acceptors (Lipinski definition) is 6. The third kappa shape index (κ3) is 2.95. The number of nitrogens with zero attached hydrogens (tertiary/aromatic N) is 2. The van der Waals surface area contributed by atoms with Crippen molar-refractivity contribution < 1.29 is 15.0 Å². The van der Waals surface area contributed by atoms with Gasteiger partial charge >= 0.3 is 5.69 Å². The van der Waals surface area contributed by atoms with Crippen molar-refractivity contribution in [1.82, 2.24) is 0 Å². The summed E-state index contributed by atoms with van der Waals surface area (Å²) in [7, 11) is 0. The normalized spacial score (nSPS) is 10.3. The lowest BCUT2D eigenvalue weighted by atomic mass is 10.1. The van der Waals surface area contributed by atoms with Crippen molar-refractivity contribution in [3.8, 4) is 5.75 Å². The molecule has 0 spiro atoms. The van der Waals surface area contributed by atoms with Crippen molar-refractivity contribution in [2.24, 2.45) is 0 Å². The molecule has 2 rings (SSSR count). The molecule has 8 nitrogen and oxygen atoms in total. The van der Waals surface area contributed by atoms with Crippen LogP contribution in [0.4, 0.5) is 22.7 Å². The summed E-state index contributed by atoms with van der Waals surface area (Å²) in [4.78, 5) is 20.2. The Morgan fingerprint density at radius 3 is 2.14 bits per heavy atom. The minimum Gasteiger partial charge on any atom is -0.502 e. The maximum atomic E-state index is 11.1. The predicted octanol–water partition coefficient (Wildman–Crippen LogP) is 3.57. The summed E-state index contributed by atoms with van der Waals surface area (Å²) >= 11 is 0. The number of nitro groups is 2. The second-order valence-corrected chi connectivity index (χ2v) is 4.80. The van der Waals surface area contributed by atoms with Crippen molar-refractivity contribution in [1.29, 1.82) is 0 Å². The molecule has 0 saturated heterocycles. The fourth-order valence-corrected chi connectivity index (χ4v) is 1.94. The number of rotatable bonds is 4. The first-order chi connectivity index (χ1) is 10.3. The molecule has 2 aromatic rings. The minimum absolute atomic E-state index is 0.0173. The van der Waals surface area contributed by atoms with Gasteiger partial charge in [0.05, 0.1) is 15.9 Å². The van der Waals surface area contributed by atoms with Gasteiger partial charge in [-0.2, -0.15) is 0 Å². The maximum absolute atomic E-state index is 11.1. The van der Waals surface area contributed by atoms with E-state index in [9.17, 15) is 25.3 Å². The highest BCUT2D eigenvalue weighted by molar-refractivity contribution is 5.75. The van der Waals surface area contributed by atoms with E-state index in [-0.39, 0.29) is 5.69 Å². The van der Waals surface area contributed by atoms with Gasteiger partial charge in [-0.05, 0) is 37.1 Å². The number of phenols is 1. The lowest BCUT2D eigenvalue weighted by Gasteiger charge is -2.09. The molecule has 0 heterocycles. The van der Waals surface area contributed by atoms with Gasteiger partial charge in [0.1, 0.15) is 5.69 Å². The van der Waals surface area contributed by atoms with E-state index in [1.807, 2.05) is 19.9 Å². The molecule has 0 bridgehead atoms. The van der Waals surface area contributed by atoms with Crippen molar-refractivity contribution in [2.45, 2.75) is 13.8 Å². The molecule has 0 aliphatic rings. The van der Waals surface area contributed by atoms with E-state index < -0.39 is 27.0 Å². The molecular weight excluding hydrogens is 290 g/mol. The molecule has 0 saturated carbocycles. The Labute approximate surface area is 125 Å². The third-order valence-corrected chi connectivity index (χ3v) is 3.27. The quantitative estimate of drug-likeness (QED) is 0.658. The Bertz CT molecular complexity index is 773. The first-order valence-electron chi connectivity index (χ1n) is 6.29. The zero-order valence-electron chi connectivity index (χ0n) is 11.9. The smallest absolute Gasteiger partial charge is 0.317 e. The van der Waals surface area contributed by atoms with Gasteiger partial charge in [-0.3, -0.25) is 20.2 Å². The lowest BCUT2D eigenvalue weighted by molar-refractivity contribution is -0.394. The second kappa shape index (κ2) is 5.68. The number of benzene rings is 2. The average molecular weight is 303 g/mol. The summed E-state index contributed by atoms with van der Waals surface area (Å²) in [6.45, 7) is 3.82. The molecule has 0 aliphatic carbocycles. The van der Waals surface area contributed by atoms with Gasteiger partial charge < -0.3 is 10.4 Å². The van der Waals surface area contributed by atoms with E-state index in [4.69, 9.17) is 0 Å². The van der Waals surface area contributed by atoms with Gasteiger partial charge in [-0.25, -0.2) is 0 Å². The van der Waals surface area contributed by atoms with Crippen LogP contribution in [0.5, 0.6) is 5.75 Å². The number of aromatic hydroxyl groups is 1. The summed E-state index contributed by atoms with van der Waals surface area (Å²) in [5.74, 6) is -0.637. The highest BCUT2D eigenvalue weighted by Gasteiger charge is 2.24. The molecule has 114 valence electrons. The van der Waals surface area contributed by atoms with Crippen molar-refractivity contribution >= 4 is 22.7 Å². The van der Waals surface area contributed by atoms with E-state index in [2.05, 4.69) is 5.32 Å². The largest absolute Gasteiger partial charge is 0.502 e. The Hall–Kier alpha value is -3.16. The van der Waals surface area contributed by atoms with Gasteiger partial charge in [0, 0.05) is 11.8 Å². The van der Waals surface area contributed by atoms with Crippen LogP contribution in [-0.2, 0) is 0 Å². The number of phenolic OH excluding ortho intramolecular Hbond substituents is 1. The van der Waals surface area contributed by atoms with Crippen LogP contribution in [0.25, 0.3) is 0 Å². The summed E-state index contributed by atoms with van der Waals surface area (Å²) in [5.41, 5.74) is 1.42. The van der Waals surface area contributed by atoms with Crippen LogP contribution in [0.2, 0.25) is 0 Å². The van der Waals surface area contributed by atoms with Crippen LogP contribution < -0.4 is 5.32 Å². The third-order valence-electron chi connectivity index (χ3n) is 3.27. The number of anilines is 2. The van der Waals surface area contributed by atoms with Gasteiger partial charge in [0.2, 0.25) is 0 Å². The van der Waals surface area contributed by atoms with E-state index in [1.165, 1.54) is 0 Å². The van der Waals surface area contributed by atoms with E-state index in [1.54, 1.807) is 12.1 Å². The second-order valence-electron chi connectivity index (χ2n) is 4.80. The topological polar surface area (TPSA) is 119 Å². The summed E-state index contributed by atoms with van der Waals surface area (Å²) < 4.78 is 0. The van der Waals surface area contributed by atoms with Crippen molar-refractivity contribution in [3.05, 3.63) is 61.7 Å². The SMILES string of the molecule is Cc1ccc(Nc2cc(O)c([N+](=O)[O-])cc2[N+](=O)[O-])cc1C. The predicted molar refractivity (Wildman–Crippen MR) is 80.6 cm³/mol. The molecule has 2 N–H and O–H groups in total. The fourth-order valence-electron chi connectivity index (χ4n) is 1.94. The Morgan fingerprint density at radius 1 is 0.955 bits per heavy atom. The number of hydrogen-bond donors (Lipinski definition) is 2. The highest BCUT2D eigenvalue weighted by atomic mass is 16.6. The molecule has 0 fully saturated rings. The number of nitrogens with one attached hydrogen (secondary N) is 1. The monoisotopic (exact) mass is 303 g/mol. The van der Waals surface area contributed by atoms with Crippen LogP contribution in [0.3, 0.4) is 0 Å². The van der Waals surface area contributed by atoms with Gasteiger partial charge in [0.15, 0.2) is 5.75 Å². The summed E-state index contributed by atoms with van der Waals surface area (Å²) in [6, 6.07) is 7.07. The van der Waals surface area contributed by atoms with Gasteiger partial charge in [0.25, 0.3) is 5.69 Å². The molecule has 0 aromatic heterocycles. The molecular formula is C14H13N3O5. The molecule has 22 heavy (non-hydrogen) atoms. The van der Waals surface area contributed by atoms with Crippen molar-refractivity contribution in [3.63, 3.8) is 0 Å². The van der Waals surface area contributed by atoms with Gasteiger partial charge in [-0.15, -0.1) is 0 Å². The minimum atomic E-state index is -0.873. The summed E-state index contributed by atoms with van der Waals surface area (Å²) in [5, 5.41) is 34.3. The van der Waals surface area contributed by atoms with Crippen LogP contribution in [0.15, 0.2) is 30.3 Å². The molecule has 2 aromatic carbocycles. The van der Waals surface area contributed by atoms with Gasteiger partial charge in [-0.1, -0.05) is 6.07 Å². The number of aryl methyl sites for hydroxylation is 2. The van der Waals surface area contributed by atoms with E-state index >= 15 is 0 Å². The molecule has 0 aliphatic heterocycles. The molecule has 0 atom stereocenters. The standard InChI is InChI=1S/C14H13N3O5/c1-8-3-4-10(5-9(8)2)15-11-6-14(18)13(17(21)22)7-12(11)16(19)20/h3-7,15,18H,1-2H3. The van der Waals surface area contributed by atoms with Crippen LogP contribution in [0, 0.1) is 34.1 Å². The van der Waals surface area contributed by atoms with Crippen LogP contribution in [0.1, 0.15) is 11.1 Å². The Balaban J connectivity index is 2.49. The number of nitro benzene ring substituents is 2. The maximum Gasteiger partial charge on any atom is 0.317 e. The lowest BCUT2D eigenvalue weighted by Crippen LogP contribution is -1.99. The Morgan fingerprint density at radius 2 is 1.59 bits per heavy atom. The molecule has 0 unspecified atom stereocenters. The molecule has 8 heteroatoms. The fraction of sp³-hybridized carbons (Fsp3) is 0.143. The van der Waals surface area contributed by atoms with E-state index in [0.717, 1.165) is 23.3 Å². The van der Waals surface area contributed by atoms with Crippen LogP contribution in [-0.4, -0.2) is 15.0 Å². The zero-order chi connectivity index (χ0) is 16.4.